The van der Waals surface area contributed by atoms with E-state index in [0.29, 0.717) is 21.8 Å². The molecule has 5 nitrogen and oxygen atoms in total. The molecule has 1 rings (SSSR count). The number of sulfonamides is 1. The Hall–Kier alpha value is -0.440. The summed E-state index contributed by atoms with van der Waals surface area (Å²) in [7, 11) is -3.79. The van der Waals surface area contributed by atoms with Crippen LogP contribution < -0.4 is 5.14 Å². The number of thiophene rings is 1. The van der Waals surface area contributed by atoms with Crippen LogP contribution in [0.2, 0.25) is 0 Å². The maximum absolute atomic E-state index is 12.0. The summed E-state index contributed by atoms with van der Waals surface area (Å²) in [5.74, 6) is -0.185. The first-order valence-electron chi connectivity index (χ1n) is 4.92. The highest BCUT2D eigenvalue weighted by Crippen LogP contribution is 2.31. The minimum absolute atomic E-state index is 0.0435. The number of carbonyl (C=O) groups excluding carboxylic acids is 1. The van der Waals surface area contributed by atoms with Gasteiger partial charge < -0.3 is 4.90 Å². The van der Waals surface area contributed by atoms with Gasteiger partial charge in [-0.25, -0.2) is 13.6 Å². The topological polar surface area (TPSA) is 80.5 Å². The van der Waals surface area contributed by atoms with E-state index in [1.807, 2.05) is 13.8 Å². The molecular weight excluding hydrogens is 328 g/mol. The van der Waals surface area contributed by atoms with Gasteiger partial charge in [0.15, 0.2) is 0 Å². The van der Waals surface area contributed by atoms with Crippen LogP contribution in [0.25, 0.3) is 0 Å². The van der Waals surface area contributed by atoms with Crippen molar-refractivity contribution < 1.29 is 13.2 Å². The van der Waals surface area contributed by atoms with Gasteiger partial charge in [-0.3, -0.25) is 4.79 Å². The second kappa shape index (κ2) is 5.47. The molecule has 0 radical (unpaired) electrons. The number of rotatable bonds is 4. The van der Waals surface area contributed by atoms with Crippen molar-refractivity contribution >= 4 is 43.2 Å². The number of amides is 1. The van der Waals surface area contributed by atoms with Crippen LogP contribution in [-0.2, 0) is 10.0 Å². The van der Waals surface area contributed by atoms with Crippen molar-refractivity contribution in [3.8, 4) is 0 Å². The molecule has 1 aromatic rings. The smallest absolute Gasteiger partial charge is 0.263 e. The van der Waals surface area contributed by atoms with Gasteiger partial charge in [0.05, 0.1) is 8.66 Å². The fourth-order valence-corrected chi connectivity index (χ4v) is 4.43. The van der Waals surface area contributed by atoms with Gasteiger partial charge in [-0.05, 0) is 35.8 Å². The van der Waals surface area contributed by atoms with Crippen LogP contribution in [0.5, 0.6) is 0 Å². The summed E-state index contributed by atoms with van der Waals surface area (Å²) in [4.78, 5) is 13.9. The molecular formula is C9H13BrN2O3S2. The molecule has 0 saturated heterocycles. The molecule has 1 heterocycles. The molecule has 0 unspecified atom stereocenters. The quantitative estimate of drug-likeness (QED) is 0.904. The van der Waals surface area contributed by atoms with Crippen LogP contribution in [0.1, 0.15) is 23.5 Å². The van der Waals surface area contributed by atoms with Crippen LogP contribution >= 0.6 is 27.3 Å². The fraction of sp³-hybridized carbons (Fsp3) is 0.444. The minimum atomic E-state index is -3.79. The highest BCUT2D eigenvalue weighted by atomic mass is 79.9. The van der Waals surface area contributed by atoms with Crippen LogP contribution in [0.15, 0.2) is 14.7 Å². The third-order valence-corrected chi connectivity index (χ3v) is 5.37. The van der Waals surface area contributed by atoms with Gasteiger partial charge in [-0.1, -0.05) is 0 Å². The normalized spacial score (nSPS) is 11.5. The standard InChI is InChI=1S/C9H13BrN2O3S2/c1-3-12(4-2)9(13)6-5-7(8(10)16-6)17(11,14)15/h5H,3-4H2,1-2H3,(H2,11,14,15). The fourth-order valence-electron chi connectivity index (χ4n) is 1.32. The molecule has 0 fully saturated rings. The third-order valence-electron chi connectivity index (χ3n) is 2.22. The zero-order valence-corrected chi connectivity index (χ0v) is 12.7. The molecule has 96 valence electrons. The number of primary sulfonamides is 1. The Morgan fingerprint density at radius 3 is 2.35 bits per heavy atom. The molecule has 0 aromatic carbocycles. The second-order valence-corrected chi connectivity index (χ2v) is 7.17. The summed E-state index contributed by atoms with van der Waals surface area (Å²) in [6, 6.07) is 1.31. The van der Waals surface area contributed by atoms with Gasteiger partial charge in [0.1, 0.15) is 4.90 Å². The highest BCUT2D eigenvalue weighted by molar-refractivity contribution is 9.11. The molecule has 0 atom stereocenters. The molecule has 8 heteroatoms. The number of hydrogen-bond acceptors (Lipinski definition) is 4. The molecule has 0 aliphatic carbocycles. The van der Waals surface area contributed by atoms with Crippen molar-refractivity contribution in [3.63, 3.8) is 0 Å². The molecule has 2 N–H and O–H groups in total. The Balaban J connectivity index is 3.14. The molecule has 1 aromatic heterocycles. The van der Waals surface area contributed by atoms with Crippen LogP contribution in [0.3, 0.4) is 0 Å². The highest BCUT2D eigenvalue weighted by Gasteiger charge is 2.22. The van der Waals surface area contributed by atoms with E-state index < -0.39 is 10.0 Å². The third kappa shape index (κ3) is 3.27. The van der Waals surface area contributed by atoms with E-state index >= 15 is 0 Å². The summed E-state index contributed by atoms with van der Waals surface area (Å²) in [6.07, 6.45) is 0. The lowest BCUT2D eigenvalue weighted by Gasteiger charge is -2.17. The van der Waals surface area contributed by atoms with E-state index in [1.165, 1.54) is 6.07 Å². The molecule has 17 heavy (non-hydrogen) atoms. The molecule has 0 saturated carbocycles. The van der Waals surface area contributed by atoms with Crippen molar-refractivity contribution in [2.45, 2.75) is 18.7 Å². The van der Waals surface area contributed by atoms with Crippen LogP contribution in [0.4, 0.5) is 0 Å². The first-order valence-corrected chi connectivity index (χ1v) is 8.08. The largest absolute Gasteiger partial charge is 0.339 e. The maximum Gasteiger partial charge on any atom is 0.263 e. The number of nitrogens with zero attached hydrogens (tertiary/aromatic N) is 1. The molecule has 0 aliphatic heterocycles. The van der Waals surface area contributed by atoms with Gasteiger partial charge in [-0.2, -0.15) is 0 Å². The molecule has 0 spiro atoms. The monoisotopic (exact) mass is 340 g/mol. The van der Waals surface area contributed by atoms with E-state index in [-0.39, 0.29) is 10.8 Å². The van der Waals surface area contributed by atoms with Gasteiger partial charge in [0.2, 0.25) is 10.0 Å². The van der Waals surface area contributed by atoms with Crippen molar-refractivity contribution in [3.05, 3.63) is 14.7 Å². The predicted octanol–water partition coefficient (Wildman–Crippen LogP) is 1.64. The average Bonchev–Trinajstić information content (AvgIpc) is 2.61. The summed E-state index contributed by atoms with van der Waals surface area (Å²) in [5.41, 5.74) is 0. The zero-order valence-electron chi connectivity index (χ0n) is 9.44. The SMILES string of the molecule is CCN(CC)C(=O)c1cc(S(N)(=O)=O)c(Br)s1. The van der Waals surface area contributed by atoms with Crippen molar-refractivity contribution in [2.75, 3.05) is 13.1 Å². The lowest BCUT2D eigenvalue weighted by atomic mass is 10.4. The molecule has 1 amide bonds. The Bertz CT molecular complexity index is 520. The van der Waals surface area contributed by atoms with Gasteiger partial charge in [-0.15, -0.1) is 11.3 Å². The number of halogens is 1. The van der Waals surface area contributed by atoms with Gasteiger partial charge >= 0.3 is 0 Å². The van der Waals surface area contributed by atoms with E-state index in [0.717, 1.165) is 11.3 Å². The molecule has 0 bridgehead atoms. The predicted molar refractivity (Wildman–Crippen MR) is 70.6 cm³/mol. The lowest BCUT2D eigenvalue weighted by Crippen LogP contribution is -2.29. The summed E-state index contributed by atoms with van der Waals surface area (Å²) >= 11 is 4.18. The van der Waals surface area contributed by atoms with E-state index in [2.05, 4.69) is 15.9 Å². The summed E-state index contributed by atoms with van der Waals surface area (Å²) < 4.78 is 22.8. The maximum atomic E-state index is 12.0. The van der Waals surface area contributed by atoms with Gasteiger partial charge in [0.25, 0.3) is 5.91 Å². The number of carbonyl (C=O) groups is 1. The average molecular weight is 341 g/mol. The van der Waals surface area contributed by atoms with E-state index in [9.17, 15) is 13.2 Å². The number of nitrogens with two attached hydrogens (primary N) is 1. The minimum Gasteiger partial charge on any atom is -0.339 e. The summed E-state index contributed by atoms with van der Waals surface area (Å²) in [6.45, 7) is 4.89. The second-order valence-electron chi connectivity index (χ2n) is 3.27. The van der Waals surface area contributed by atoms with Crippen LogP contribution in [-0.4, -0.2) is 32.3 Å². The Morgan fingerprint density at radius 1 is 1.47 bits per heavy atom. The van der Waals surface area contributed by atoms with Crippen molar-refractivity contribution in [1.29, 1.82) is 0 Å². The van der Waals surface area contributed by atoms with E-state index in [4.69, 9.17) is 5.14 Å². The Kier molecular flexibility index (Phi) is 4.70. The molecule has 0 aliphatic rings. The summed E-state index contributed by atoms with van der Waals surface area (Å²) in [5, 5.41) is 5.04. The van der Waals surface area contributed by atoms with E-state index in [1.54, 1.807) is 4.90 Å². The Labute approximate surface area is 113 Å². The first-order chi connectivity index (χ1) is 7.81. The van der Waals surface area contributed by atoms with Crippen molar-refractivity contribution in [2.24, 2.45) is 5.14 Å². The zero-order chi connectivity index (χ0) is 13.2. The first kappa shape index (κ1) is 14.6. The van der Waals surface area contributed by atoms with Crippen LogP contribution in [0, 0.1) is 0 Å². The number of hydrogen-bond donors (Lipinski definition) is 1. The van der Waals surface area contributed by atoms with Gasteiger partial charge in [0, 0.05) is 13.1 Å². The Morgan fingerprint density at radius 2 is 2.00 bits per heavy atom. The van der Waals surface area contributed by atoms with Crippen molar-refractivity contribution in [1.82, 2.24) is 4.90 Å². The lowest BCUT2D eigenvalue weighted by molar-refractivity contribution is 0.0777.